The molecule has 2 N–H and O–H groups in total. The first-order valence-electron chi connectivity index (χ1n) is 12.8. The molecule has 2 unspecified atom stereocenters. The number of nitrogens with one attached hydrogen (secondary N) is 2. The molecule has 206 valence electrons. The molecular weight excluding hydrogens is 480 g/mol. The van der Waals surface area contributed by atoms with Crippen molar-refractivity contribution in [1.82, 2.24) is 20.4 Å². The largest absolute Gasteiger partial charge is 0.353 e. The topological polar surface area (TPSA) is 116 Å². The van der Waals surface area contributed by atoms with Gasteiger partial charge < -0.3 is 15.5 Å². The van der Waals surface area contributed by atoms with Gasteiger partial charge in [0.1, 0.15) is 11.8 Å². The number of carbonyl (C=O) groups excluding carboxylic acids is 5. The van der Waals surface area contributed by atoms with Crippen LogP contribution in [-0.2, 0) is 24.0 Å². The number of imide groups is 1. The van der Waals surface area contributed by atoms with Crippen molar-refractivity contribution in [2.75, 3.05) is 32.9 Å². The van der Waals surface area contributed by atoms with E-state index in [4.69, 9.17) is 0 Å². The molecule has 1 fully saturated rings. The minimum Gasteiger partial charge on any atom is -0.353 e. The average Bonchev–Trinajstić information content (AvgIpc) is 3.05. The molecule has 1 heterocycles. The van der Waals surface area contributed by atoms with Crippen LogP contribution in [0.15, 0.2) is 0 Å². The van der Waals surface area contributed by atoms with Crippen LogP contribution in [0.2, 0.25) is 0 Å². The maximum absolute atomic E-state index is 12.8. The van der Waals surface area contributed by atoms with Crippen LogP contribution in [0.4, 0.5) is 0 Å². The number of unbranched alkanes of at least 4 members (excludes halogenated alkanes) is 2. The fourth-order valence-electron chi connectivity index (χ4n) is 3.89. The summed E-state index contributed by atoms with van der Waals surface area (Å²) in [5, 5.41) is 5.43. The summed E-state index contributed by atoms with van der Waals surface area (Å²) in [5.74, 6) is -0.0580. The highest BCUT2D eigenvalue weighted by Crippen LogP contribution is 2.31. The Bertz CT molecular complexity index is 803. The number of amides is 4. The highest BCUT2D eigenvalue weighted by Gasteiger charge is 2.44. The third kappa shape index (κ3) is 9.84. The van der Waals surface area contributed by atoms with E-state index in [-0.39, 0.29) is 53.9 Å². The van der Waals surface area contributed by atoms with Gasteiger partial charge >= 0.3 is 0 Å². The van der Waals surface area contributed by atoms with Gasteiger partial charge in [0.25, 0.3) is 0 Å². The molecule has 0 aliphatic carbocycles. The van der Waals surface area contributed by atoms with Crippen LogP contribution in [-0.4, -0.2) is 89.0 Å². The van der Waals surface area contributed by atoms with E-state index in [1.165, 1.54) is 21.6 Å². The molecule has 1 saturated heterocycles. The molecule has 0 spiro atoms. The lowest BCUT2D eigenvalue weighted by molar-refractivity contribution is -0.143. The van der Waals surface area contributed by atoms with E-state index < -0.39 is 17.0 Å². The fraction of sp³-hybridized carbons (Fsp3) is 0.808. The van der Waals surface area contributed by atoms with Gasteiger partial charge in [0.05, 0.1) is 5.25 Å². The van der Waals surface area contributed by atoms with Gasteiger partial charge in [0.2, 0.25) is 23.6 Å². The van der Waals surface area contributed by atoms with Crippen LogP contribution in [0, 0.1) is 5.41 Å². The minimum atomic E-state index is -0.840. The normalized spacial score (nSPS) is 17.3. The van der Waals surface area contributed by atoms with Crippen LogP contribution in [0.5, 0.6) is 0 Å². The molecule has 1 aliphatic heterocycles. The van der Waals surface area contributed by atoms with E-state index in [0.29, 0.717) is 19.5 Å². The zero-order chi connectivity index (χ0) is 27.7. The van der Waals surface area contributed by atoms with Crippen molar-refractivity contribution in [2.45, 2.75) is 96.9 Å². The smallest absolute Gasteiger partial charge is 0.243 e. The number of hydrogen-bond donors (Lipinski definition) is 2. The van der Waals surface area contributed by atoms with Gasteiger partial charge in [-0.15, -0.1) is 11.8 Å². The van der Waals surface area contributed by atoms with Crippen LogP contribution in [0.1, 0.15) is 80.1 Å². The summed E-state index contributed by atoms with van der Waals surface area (Å²) in [5.41, 5.74) is -1.10. The highest BCUT2D eigenvalue weighted by molar-refractivity contribution is 8.00. The summed E-state index contributed by atoms with van der Waals surface area (Å²) < 4.78 is 0. The van der Waals surface area contributed by atoms with Crippen molar-refractivity contribution >= 4 is 41.2 Å². The highest BCUT2D eigenvalue weighted by atomic mass is 32.2. The molecule has 9 nitrogen and oxygen atoms in total. The van der Waals surface area contributed by atoms with Crippen LogP contribution in [0.25, 0.3) is 0 Å². The van der Waals surface area contributed by atoms with Crippen molar-refractivity contribution in [2.24, 2.45) is 5.41 Å². The number of rotatable bonds is 14. The van der Waals surface area contributed by atoms with Gasteiger partial charge in [0.15, 0.2) is 0 Å². The summed E-state index contributed by atoms with van der Waals surface area (Å²) in [7, 11) is 3.37. The molecule has 0 bridgehead atoms. The Morgan fingerprint density at radius 3 is 2.22 bits per heavy atom. The number of ketones is 1. The maximum Gasteiger partial charge on any atom is 0.243 e. The second-order valence-electron chi connectivity index (χ2n) is 11.4. The number of thioether (sulfide) groups is 1. The molecule has 0 aromatic rings. The lowest BCUT2D eigenvalue weighted by Gasteiger charge is -2.30. The predicted octanol–water partition coefficient (Wildman–Crippen LogP) is 2.37. The molecule has 10 heteroatoms. The van der Waals surface area contributed by atoms with Gasteiger partial charge in [-0.1, -0.05) is 27.2 Å². The Morgan fingerprint density at radius 1 is 1.06 bits per heavy atom. The molecule has 0 aromatic carbocycles. The van der Waals surface area contributed by atoms with E-state index in [1.807, 2.05) is 20.8 Å². The SMILES string of the molecule is CNCCNC(=O)C(CC(=O)C(C)(C)C)N(C)C(=O)CCCCCSC1CC(=O)N(C(C)(C)C)C1=O. The molecule has 1 aliphatic rings. The third-order valence-corrected chi connectivity index (χ3v) is 7.48. The predicted molar refractivity (Wildman–Crippen MR) is 144 cm³/mol. The van der Waals surface area contributed by atoms with E-state index >= 15 is 0 Å². The summed E-state index contributed by atoms with van der Waals surface area (Å²) in [6.07, 6.45) is 2.78. The van der Waals surface area contributed by atoms with Gasteiger partial charge in [-0.2, -0.15) is 0 Å². The monoisotopic (exact) mass is 526 g/mol. The summed E-state index contributed by atoms with van der Waals surface area (Å²) >= 11 is 1.51. The van der Waals surface area contributed by atoms with Crippen molar-refractivity contribution in [3.63, 3.8) is 0 Å². The van der Waals surface area contributed by atoms with Crippen molar-refractivity contribution in [3.8, 4) is 0 Å². The first-order chi connectivity index (χ1) is 16.6. The lowest BCUT2D eigenvalue weighted by atomic mass is 9.86. The van der Waals surface area contributed by atoms with Gasteiger partial charge in [-0.3, -0.25) is 28.9 Å². The lowest BCUT2D eigenvalue weighted by Crippen LogP contribution is -2.50. The molecule has 0 saturated carbocycles. The molecule has 0 radical (unpaired) electrons. The zero-order valence-electron chi connectivity index (χ0n) is 23.4. The number of likely N-dealkylation sites (tertiary alicyclic amines) is 1. The summed E-state index contributed by atoms with van der Waals surface area (Å²) in [4.78, 5) is 65.7. The Morgan fingerprint density at radius 2 is 1.69 bits per heavy atom. The number of nitrogens with zero attached hydrogens (tertiary/aromatic N) is 2. The standard InChI is InChI=1S/C26H46N4O5S/c1-25(2,3)20(31)16-18(23(34)28-14-13-27-7)29(8)21(32)12-10-9-11-15-36-19-17-22(33)30(24(19)35)26(4,5)6/h18-19,27H,9-17H2,1-8H3,(H,28,34). The molecular formula is C26H46N4O5S. The zero-order valence-corrected chi connectivity index (χ0v) is 24.2. The van der Waals surface area contributed by atoms with Gasteiger partial charge in [0, 0.05) is 50.4 Å². The fourth-order valence-corrected chi connectivity index (χ4v) is 5.05. The Balaban J connectivity index is 2.52. The van der Waals surface area contributed by atoms with E-state index in [1.54, 1.807) is 34.9 Å². The molecule has 4 amide bonds. The number of hydrogen-bond acceptors (Lipinski definition) is 7. The molecule has 0 aromatic heterocycles. The van der Waals surface area contributed by atoms with Crippen LogP contribution < -0.4 is 10.6 Å². The summed E-state index contributed by atoms with van der Waals surface area (Å²) in [6.45, 7) is 12.0. The van der Waals surface area contributed by atoms with Gasteiger partial charge in [-0.05, 0) is 46.4 Å². The van der Waals surface area contributed by atoms with Crippen molar-refractivity contribution < 1.29 is 24.0 Å². The Kier molecular flexibility index (Phi) is 12.6. The number of Topliss-reactive ketones (excluding diaryl/α,β-unsaturated/α-hetero) is 1. The number of carbonyl (C=O) groups is 5. The van der Waals surface area contributed by atoms with E-state index in [0.717, 1.165) is 18.6 Å². The first-order valence-corrected chi connectivity index (χ1v) is 13.9. The number of likely N-dealkylation sites (N-methyl/N-ethyl adjacent to an activating group) is 2. The van der Waals surface area contributed by atoms with Crippen molar-refractivity contribution in [3.05, 3.63) is 0 Å². The average molecular weight is 527 g/mol. The van der Waals surface area contributed by atoms with Gasteiger partial charge in [-0.25, -0.2) is 0 Å². The Labute approximate surface area is 220 Å². The van der Waals surface area contributed by atoms with E-state index in [9.17, 15) is 24.0 Å². The molecule has 36 heavy (non-hydrogen) atoms. The summed E-state index contributed by atoms with van der Waals surface area (Å²) in [6, 6.07) is -0.840. The molecule has 1 rings (SSSR count). The quantitative estimate of drug-likeness (QED) is 0.264. The maximum atomic E-state index is 12.8. The van der Waals surface area contributed by atoms with E-state index in [2.05, 4.69) is 10.6 Å². The molecule has 2 atom stereocenters. The minimum absolute atomic E-state index is 0.0203. The van der Waals surface area contributed by atoms with Crippen LogP contribution >= 0.6 is 11.8 Å². The second-order valence-corrected chi connectivity index (χ2v) is 12.7. The van der Waals surface area contributed by atoms with Crippen LogP contribution in [0.3, 0.4) is 0 Å². The third-order valence-electron chi connectivity index (χ3n) is 6.18. The first kappa shape index (κ1) is 32.1. The second kappa shape index (κ2) is 14.1. The Hall–Kier alpha value is -1.94. The van der Waals surface area contributed by atoms with Crippen molar-refractivity contribution in [1.29, 1.82) is 0 Å².